The number of carbonyl (C=O) groups excluding carboxylic acids is 1. The largest absolute Gasteiger partial charge is 0.349 e. The molecule has 7 heteroatoms. The van der Waals surface area contributed by atoms with Crippen LogP contribution in [0.4, 0.5) is 0 Å². The minimum atomic E-state index is -3.61. The predicted molar refractivity (Wildman–Crippen MR) is 123 cm³/mol. The highest BCUT2D eigenvalue weighted by Gasteiger charge is 2.33. The van der Waals surface area contributed by atoms with Crippen molar-refractivity contribution in [2.45, 2.75) is 51.5 Å². The van der Waals surface area contributed by atoms with Crippen LogP contribution in [-0.4, -0.2) is 31.7 Å². The van der Waals surface area contributed by atoms with Crippen LogP contribution in [0.3, 0.4) is 0 Å². The van der Waals surface area contributed by atoms with E-state index in [-0.39, 0.29) is 29.3 Å². The van der Waals surface area contributed by atoms with Gasteiger partial charge in [-0.1, -0.05) is 28.1 Å². The second-order valence-corrected chi connectivity index (χ2v) is 11.0. The lowest BCUT2D eigenvalue weighted by molar-refractivity contribution is -0.126. The average Bonchev–Trinajstić information content (AvgIpc) is 2.71. The summed E-state index contributed by atoms with van der Waals surface area (Å²) in [7, 11) is -3.61. The minimum Gasteiger partial charge on any atom is -0.349 e. The SMILES string of the molecule is Cc1cc(C)c([C@@H](C)NC(=O)[C@H]2CCCN(S(=O)(=O)c3ccc(Br)cc3)C2)cc1C. The first kappa shape index (κ1) is 23.0. The maximum absolute atomic E-state index is 13.0. The Morgan fingerprint density at radius 3 is 2.40 bits per heavy atom. The minimum absolute atomic E-state index is 0.0872. The highest BCUT2D eigenvalue weighted by molar-refractivity contribution is 9.10. The fraction of sp³-hybridized carbons (Fsp3) is 0.435. The number of benzene rings is 2. The van der Waals surface area contributed by atoms with Crippen LogP contribution in [0, 0.1) is 26.7 Å². The summed E-state index contributed by atoms with van der Waals surface area (Å²) in [5.74, 6) is -0.436. The lowest BCUT2D eigenvalue weighted by atomic mass is 9.95. The van der Waals surface area contributed by atoms with E-state index in [9.17, 15) is 13.2 Å². The molecule has 0 radical (unpaired) electrons. The van der Waals surface area contributed by atoms with Gasteiger partial charge < -0.3 is 5.32 Å². The van der Waals surface area contributed by atoms with E-state index in [1.807, 2.05) is 6.92 Å². The van der Waals surface area contributed by atoms with Gasteiger partial charge in [0.05, 0.1) is 16.9 Å². The van der Waals surface area contributed by atoms with Crippen molar-refractivity contribution in [2.75, 3.05) is 13.1 Å². The summed E-state index contributed by atoms with van der Waals surface area (Å²) < 4.78 is 28.3. The number of nitrogens with one attached hydrogen (secondary N) is 1. The molecule has 3 rings (SSSR count). The van der Waals surface area contributed by atoms with E-state index in [1.165, 1.54) is 15.4 Å². The first-order valence-corrected chi connectivity index (χ1v) is 12.5. The molecule has 0 aromatic heterocycles. The molecule has 1 heterocycles. The molecular formula is C23H29BrN2O3S. The van der Waals surface area contributed by atoms with E-state index in [0.717, 1.165) is 15.6 Å². The number of halogens is 1. The van der Waals surface area contributed by atoms with Crippen molar-refractivity contribution < 1.29 is 13.2 Å². The number of piperidine rings is 1. The number of amides is 1. The molecule has 2 aromatic carbocycles. The van der Waals surface area contributed by atoms with Gasteiger partial charge in [0.25, 0.3) is 0 Å². The highest BCUT2D eigenvalue weighted by atomic mass is 79.9. The molecule has 1 N–H and O–H groups in total. The fourth-order valence-corrected chi connectivity index (χ4v) is 5.78. The van der Waals surface area contributed by atoms with Gasteiger partial charge in [0, 0.05) is 17.6 Å². The predicted octanol–water partition coefficient (Wildman–Crippen LogP) is 4.65. The number of nitrogens with zero attached hydrogens (tertiary/aromatic N) is 1. The van der Waals surface area contributed by atoms with Gasteiger partial charge in [-0.15, -0.1) is 0 Å². The molecule has 0 unspecified atom stereocenters. The first-order chi connectivity index (χ1) is 14.1. The van der Waals surface area contributed by atoms with Crippen LogP contribution in [0.2, 0.25) is 0 Å². The molecular weight excluding hydrogens is 464 g/mol. The van der Waals surface area contributed by atoms with Crippen molar-refractivity contribution >= 4 is 31.9 Å². The lowest BCUT2D eigenvalue weighted by Gasteiger charge is -2.32. The van der Waals surface area contributed by atoms with Gasteiger partial charge in [0.1, 0.15) is 0 Å². The van der Waals surface area contributed by atoms with Gasteiger partial charge >= 0.3 is 0 Å². The van der Waals surface area contributed by atoms with Gasteiger partial charge in [0.2, 0.25) is 15.9 Å². The smallest absolute Gasteiger partial charge is 0.243 e. The number of hydrogen-bond acceptors (Lipinski definition) is 3. The van der Waals surface area contributed by atoms with E-state index in [2.05, 4.69) is 54.2 Å². The van der Waals surface area contributed by atoms with E-state index >= 15 is 0 Å². The molecule has 0 saturated carbocycles. The van der Waals surface area contributed by atoms with Crippen LogP contribution >= 0.6 is 15.9 Å². The molecule has 1 fully saturated rings. The third-order valence-corrected chi connectivity index (χ3v) is 8.32. The third kappa shape index (κ3) is 4.95. The molecule has 162 valence electrons. The molecule has 5 nitrogen and oxygen atoms in total. The Bertz CT molecular complexity index is 1040. The number of aryl methyl sites for hydroxylation is 3. The van der Waals surface area contributed by atoms with Crippen molar-refractivity contribution in [3.8, 4) is 0 Å². The van der Waals surface area contributed by atoms with Crippen LogP contribution in [0.5, 0.6) is 0 Å². The maximum Gasteiger partial charge on any atom is 0.243 e. The van der Waals surface area contributed by atoms with Crippen LogP contribution in [0.25, 0.3) is 0 Å². The number of sulfonamides is 1. The Kier molecular flexibility index (Phi) is 7.05. The average molecular weight is 493 g/mol. The maximum atomic E-state index is 13.0. The molecule has 2 atom stereocenters. The summed E-state index contributed by atoms with van der Waals surface area (Å²) in [6.07, 6.45) is 1.36. The highest BCUT2D eigenvalue weighted by Crippen LogP contribution is 2.26. The second kappa shape index (κ2) is 9.20. The normalized spacial score (nSPS) is 18.8. The molecule has 30 heavy (non-hydrogen) atoms. The summed E-state index contributed by atoms with van der Waals surface area (Å²) in [5.41, 5.74) is 4.67. The molecule has 0 spiro atoms. The Morgan fingerprint density at radius 1 is 1.10 bits per heavy atom. The lowest BCUT2D eigenvalue weighted by Crippen LogP contribution is -2.45. The zero-order chi connectivity index (χ0) is 22.1. The monoisotopic (exact) mass is 492 g/mol. The molecule has 1 aliphatic rings. The Morgan fingerprint density at radius 2 is 1.73 bits per heavy atom. The molecule has 0 bridgehead atoms. The zero-order valence-electron chi connectivity index (χ0n) is 17.9. The zero-order valence-corrected chi connectivity index (χ0v) is 20.3. The Hall–Kier alpha value is -1.70. The standard InChI is InChI=1S/C23H29BrN2O3S/c1-15-12-17(3)22(13-16(15)2)18(4)25-23(27)19-6-5-11-26(14-19)30(28,29)21-9-7-20(24)8-10-21/h7-10,12-13,18-19H,5-6,11,14H2,1-4H3,(H,25,27)/t18-,19+/m1/s1. The van der Waals surface area contributed by atoms with E-state index in [4.69, 9.17) is 0 Å². The van der Waals surface area contributed by atoms with Crippen LogP contribution in [0.15, 0.2) is 45.8 Å². The third-order valence-electron chi connectivity index (χ3n) is 5.91. The quantitative estimate of drug-likeness (QED) is 0.660. The summed E-state index contributed by atoms with van der Waals surface area (Å²) >= 11 is 3.33. The van der Waals surface area contributed by atoms with E-state index < -0.39 is 10.0 Å². The summed E-state index contributed by atoms with van der Waals surface area (Å²) in [4.78, 5) is 13.2. The van der Waals surface area contributed by atoms with Crippen molar-refractivity contribution in [3.63, 3.8) is 0 Å². The van der Waals surface area contributed by atoms with Crippen LogP contribution in [0.1, 0.15) is 48.1 Å². The van der Waals surface area contributed by atoms with Crippen molar-refractivity contribution in [3.05, 3.63) is 63.1 Å². The van der Waals surface area contributed by atoms with Gasteiger partial charge in [0.15, 0.2) is 0 Å². The van der Waals surface area contributed by atoms with Crippen molar-refractivity contribution in [2.24, 2.45) is 5.92 Å². The van der Waals surface area contributed by atoms with Gasteiger partial charge in [-0.3, -0.25) is 4.79 Å². The number of rotatable bonds is 5. The second-order valence-electron chi connectivity index (χ2n) is 8.18. The molecule has 1 amide bonds. The molecule has 1 saturated heterocycles. The summed E-state index contributed by atoms with van der Waals surface area (Å²) in [6, 6.07) is 10.8. The van der Waals surface area contributed by atoms with Gasteiger partial charge in [-0.05, 0) is 87.1 Å². The van der Waals surface area contributed by atoms with Gasteiger partial charge in [-0.2, -0.15) is 4.31 Å². The van der Waals surface area contributed by atoms with Gasteiger partial charge in [-0.25, -0.2) is 8.42 Å². The van der Waals surface area contributed by atoms with Crippen LogP contribution in [-0.2, 0) is 14.8 Å². The Labute approximate surface area is 188 Å². The summed E-state index contributed by atoms with van der Waals surface area (Å²) in [6.45, 7) is 8.83. The first-order valence-electron chi connectivity index (χ1n) is 10.2. The van der Waals surface area contributed by atoms with Crippen molar-refractivity contribution in [1.29, 1.82) is 0 Å². The van der Waals surface area contributed by atoms with E-state index in [0.29, 0.717) is 19.4 Å². The number of hydrogen-bond donors (Lipinski definition) is 1. The Balaban J connectivity index is 1.71. The van der Waals surface area contributed by atoms with Crippen molar-refractivity contribution in [1.82, 2.24) is 9.62 Å². The molecule has 2 aromatic rings. The molecule has 0 aliphatic carbocycles. The van der Waals surface area contributed by atoms with E-state index in [1.54, 1.807) is 24.3 Å². The summed E-state index contributed by atoms with van der Waals surface area (Å²) in [5, 5.41) is 3.11. The number of carbonyl (C=O) groups is 1. The van der Waals surface area contributed by atoms with Crippen LogP contribution < -0.4 is 5.32 Å². The molecule has 1 aliphatic heterocycles. The topological polar surface area (TPSA) is 66.5 Å². The fourth-order valence-electron chi connectivity index (χ4n) is 3.99.